The maximum atomic E-state index is 12.3. The molecule has 3 atom stereocenters. The second kappa shape index (κ2) is 6.13. The lowest BCUT2D eigenvalue weighted by Gasteiger charge is -2.36. The van der Waals surface area contributed by atoms with Gasteiger partial charge >= 0.3 is 12.1 Å². The lowest BCUT2D eigenvalue weighted by Crippen LogP contribution is -2.54. The summed E-state index contributed by atoms with van der Waals surface area (Å²) in [5.74, 6) is -1.71. The van der Waals surface area contributed by atoms with Crippen LogP contribution in [0, 0.1) is 0 Å². The molecule has 1 aliphatic rings. The van der Waals surface area contributed by atoms with Crippen LogP contribution in [-0.4, -0.2) is 30.7 Å². The summed E-state index contributed by atoms with van der Waals surface area (Å²) in [6.45, 7) is 2.43. The molecule has 7 heteroatoms. The number of alkyl halides is 3. The van der Waals surface area contributed by atoms with E-state index in [0.717, 1.165) is 11.3 Å². The molecule has 1 amide bonds. The van der Waals surface area contributed by atoms with Crippen LogP contribution in [0.4, 0.5) is 13.2 Å². The van der Waals surface area contributed by atoms with E-state index in [4.69, 9.17) is 0 Å². The summed E-state index contributed by atoms with van der Waals surface area (Å²) < 4.78 is 36.9. The average Bonchev–Trinajstić information content (AvgIpc) is 2.91. The number of carbonyl (C=O) groups is 1. The molecule has 112 valence electrons. The van der Waals surface area contributed by atoms with Crippen molar-refractivity contribution in [3.8, 4) is 0 Å². The normalized spacial score (nSPS) is 27.3. The largest absolute Gasteiger partial charge is 0.471 e. The number of piperidine rings is 1. The Hall–Kier alpha value is -1.08. The van der Waals surface area contributed by atoms with Crippen LogP contribution < -0.4 is 10.6 Å². The first-order valence-electron chi connectivity index (χ1n) is 6.56. The second-order valence-corrected chi connectivity index (χ2v) is 5.93. The predicted octanol–water partition coefficient (Wildman–Crippen LogP) is 2.65. The molecule has 0 aromatic carbocycles. The van der Waals surface area contributed by atoms with Gasteiger partial charge in [-0.25, -0.2) is 0 Å². The van der Waals surface area contributed by atoms with Crippen molar-refractivity contribution in [1.29, 1.82) is 0 Å². The van der Waals surface area contributed by atoms with Gasteiger partial charge in [0.05, 0.1) is 0 Å². The van der Waals surface area contributed by atoms with E-state index in [2.05, 4.69) is 10.6 Å². The maximum Gasteiger partial charge on any atom is 0.471 e. The minimum Gasteiger partial charge on any atom is -0.344 e. The third-order valence-electron chi connectivity index (χ3n) is 3.59. The zero-order valence-corrected chi connectivity index (χ0v) is 11.9. The molecular formula is C13H17F3N2OS. The van der Waals surface area contributed by atoms with E-state index in [0.29, 0.717) is 13.0 Å². The zero-order valence-electron chi connectivity index (χ0n) is 11.0. The molecule has 1 saturated heterocycles. The number of halogens is 3. The fourth-order valence-corrected chi connectivity index (χ4v) is 3.52. The lowest BCUT2D eigenvalue weighted by atomic mass is 9.85. The summed E-state index contributed by atoms with van der Waals surface area (Å²) in [4.78, 5) is 12.2. The summed E-state index contributed by atoms with van der Waals surface area (Å²) in [5.41, 5.74) is 0. The molecule has 3 nitrogen and oxygen atoms in total. The van der Waals surface area contributed by atoms with Gasteiger partial charge in [-0.05, 0) is 24.3 Å². The minimum absolute atomic E-state index is 0.146. The Bertz CT molecular complexity index is 447. The van der Waals surface area contributed by atoms with Crippen LogP contribution >= 0.6 is 11.3 Å². The predicted molar refractivity (Wildman–Crippen MR) is 71.7 cm³/mol. The first kappa shape index (κ1) is 15.3. The third kappa shape index (κ3) is 3.52. The molecule has 3 unspecified atom stereocenters. The quantitative estimate of drug-likeness (QED) is 0.901. The van der Waals surface area contributed by atoms with Gasteiger partial charge < -0.3 is 10.6 Å². The zero-order chi connectivity index (χ0) is 14.8. The number of rotatable bonds is 3. The molecule has 1 aromatic rings. The van der Waals surface area contributed by atoms with Gasteiger partial charge in [-0.15, -0.1) is 11.3 Å². The summed E-state index contributed by atoms with van der Waals surface area (Å²) in [6.07, 6.45) is -3.38. The number of amides is 1. The van der Waals surface area contributed by atoms with Crippen molar-refractivity contribution in [2.45, 2.75) is 43.9 Å². The van der Waals surface area contributed by atoms with Crippen molar-refractivity contribution in [2.75, 3.05) is 6.54 Å². The number of hydrogen-bond acceptors (Lipinski definition) is 3. The lowest BCUT2D eigenvalue weighted by molar-refractivity contribution is -0.174. The third-order valence-corrected chi connectivity index (χ3v) is 4.60. The van der Waals surface area contributed by atoms with Crippen LogP contribution in [0.25, 0.3) is 0 Å². The van der Waals surface area contributed by atoms with Gasteiger partial charge in [0.1, 0.15) is 0 Å². The fourth-order valence-electron chi connectivity index (χ4n) is 2.61. The van der Waals surface area contributed by atoms with Gasteiger partial charge in [-0.3, -0.25) is 4.79 Å². The molecule has 2 N–H and O–H groups in total. The van der Waals surface area contributed by atoms with Crippen LogP contribution in [0.5, 0.6) is 0 Å². The van der Waals surface area contributed by atoms with Crippen molar-refractivity contribution in [3.63, 3.8) is 0 Å². The molecule has 0 bridgehead atoms. The monoisotopic (exact) mass is 306 g/mol. The van der Waals surface area contributed by atoms with Crippen LogP contribution in [0.3, 0.4) is 0 Å². The molecule has 2 rings (SSSR count). The Labute approximate surface area is 119 Å². The standard InChI is InChI=1S/C13H17F3N2OS/c1-2-10-9(11-4-3-5-20-11)6-8(7-17-10)18-12(19)13(14,15)16/h3-5,8-10,17H,2,6-7H2,1H3,(H,18,19). The summed E-state index contributed by atoms with van der Waals surface area (Å²) >= 11 is 1.60. The number of hydrogen-bond donors (Lipinski definition) is 2. The highest BCUT2D eigenvalue weighted by atomic mass is 32.1. The summed E-state index contributed by atoms with van der Waals surface area (Å²) in [7, 11) is 0. The summed E-state index contributed by atoms with van der Waals surface area (Å²) in [5, 5.41) is 7.27. The Morgan fingerprint density at radius 2 is 2.30 bits per heavy atom. The molecule has 0 radical (unpaired) electrons. The second-order valence-electron chi connectivity index (χ2n) is 4.95. The SMILES string of the molecule is CCC1NCC(NC(=O)C(F)(F)F)CC1c1cccs1. The van der Waals surface area contributed by atoms with Crippen molar-refractivity contribution in [1.82, 2.24) is 10.6 Å². The van der Waals surface area contributed by atoms with Crippen molar-refractivity contribution >= 4 is 17.2 Å². The molecular weight excluding hydrogens is 289 g/mol. The Morgan fingerprint density at radius 1 is 1.55 bits per heavy atom. The first-order chi connectivity index (χ1) is 9.41. The molecule has 20 heavy (non-hydrogen) atoms. The van der Waals surface area contributed by atoms with E-state index in [1.807, 2.05) is 24.4 Å². The van der Waals surface area contributed by atoms with Crippen molar-refractivity contribution in [3.05, 3.63) is 22.4 Å². The molecule has 2 heterocycles. The van der Waals surface area contributed by atoms with Crippen LogP contribution in [-0.2, 0) is 4.79 Å². The van der Waals surface area contributed by atoms with Crippen LogP contribution in [0.2, 0.25) is 0 Å². The highest BCUT2D eigenvalue weighted by Crippen LogP contribution is 2.32. The van der Waals surface area contributed by atoms with Gasteiger partial charge in [-0.2, -0.15) is 13.2 Å². The molecule has 0 saturated carbocycles. The first-order valence-corrected chi connectivity index (χ1v) is 7.44. The Balaban J connectivity index is 2.03. The van der Waals surface area contributed by atoms with E-state index < -0.39 is 18.1 Å². The van der Waals surface area contributed by atoms with E-state index in [9.17, 15) is 18.0 Å². The molecule has 0 aliphatic carbocycles. The van der Waals surface area contributed by atoms with E-state index in [-0.39, 0.29) is 12.0 Å². The van der Waals surface area contributed by atoms with E-state index >= 15 is 0 Å². The van der Waals surface area contributed by atoms with Crippen molar-refractivity contribution in [2.24, 2.45) is 0 Å². The Morgan fingerprint density at radius 3 is 2.85 bits per heavy atom. The van der Waals surface area contributed by atoms with Gasteiger partial charge in [-0.1, -0.05) is 13.0 Å². The average molecular weight is 306 g/mol. The van der Waals surface area contributed by atoms with E-state index in [1.165, 1.54) is 0 Å². The van der Waals surface area contributed by atoms with Gasteiger partial charge in [0.2, 0.25) is 0 Å². The minimum atomic E-state index is -4.82. The number of carbonyl (C=O) groups excluding carboxylic acids is 1. The maximum absolute atomic E-state index is 12.3. The summed E-state index contributed by atoms with van der Waals surface area (Å²) in [6, 6.07) is 3.69. The molecule has 1 aliphatic heterocycles. The topological polar surface area (TPSA) is 41.1 Å². The van der Waals surface area contributed by atoms with Gasteiger partial charge in [0.15, 0.2) is 0 Å². The molecule has 0 spiro atoms. The molecule has 1 fully saturated rings. The van der Waals surface area contributed by atoms with Crippen LogP contribution in [0.1, 0.15) is 30.6 Å². The number of nitrogens with one attached hydrogen (secondary N) is 2. The van der Waals surface area contributed by atoms with Gasteiger partial charge in [0.25, 0.3) is 0 Å². The molecule has 1 aromatic heterocycles. The van der Waals surface area contributed by atoms with Crippen LogP contribution in [0.15, 0.2) is 17.5 Å². The highest BCUT2D eigenvalue weighted by molar-refractivity contribution is 7.10. The van der Waals surface area contributed by atoms with Gasteiger partial charge in [0, 0.05) is 29.4 Å². The highest BCUT2D eigenvalue weighted by Gasteiger charge is 2.41. The number of thiophene rings is 1. The fraction of sp³-hybridized carbons (Fsp3) is 0.615. The smallest absolute Gasteiger partial charge is 0.344 e. The van der Waals surface area contributed by atoms with Crippen molar-refractivity contribution < 1.29 is 18.0 Å². The van der Waals surface area contributed by atoms with E-state index in [1.54, 1.807) is 11.3 Å². The Kier molecular flexibility index (Phi) is 4.70.